The number of rotatable bonds is 4. The monoisotopic (exact) mass is 293 g/mol. The average Bonchev–Trinajstić information content (AvgIpc) is 2.68. The van der Waals surface area contributed by atoms with Gasteiger partial charge >= 0.3 is 0 Å². The van der Waals surface area contributed by atoms with Gasteiger partial charge < -0.3 is 10.3 Å². The number of nitrogens with two attached hydrogens (primary N) is 1. The molecule has 1 atom stereocenters. The molecule has 0 saturated heterocycles. The van der Waals surface area contributed by atoms with Crippen LogP contribution in [0.4, 0.5) is 0 Å². The highest BCUT2D eigenvalue weighted by atomic mass is 79.9. The zero-order valence-corrected chi connectivity index (χ0v) is 11.4. The van der Waals surface area contributed by atoms with E-state index in [2.05, 4.69) is 43.8 Å². The topological polar surface area (TPSA) is 43.8 Å². The first kappa shape index (κ1) is 12.3. The summed E-state index contributed by atoms with van der Waals surface area (Å²) < 4.78 is 3.21. The standard InChI is InChI=1S/C13H16BrN3/c1-10(15)6-12-8-17(9-16-12)7-11-4-2-3-5-13(11)14/h2-5,8-10H,6-7,15H2,1H3. The predicted molar refractivity (Wildman–Crippen MR) is 72.8 cm³/mol. The van der Waals surface area contributed by atoms with Crippen LogP contribution in [0.2, 0.25) is 0 Å². The van der Waals surface area contributed by atoms with Crippen LogP contribution >= 0.6 is 15.9 Å². The van der Waals surface area contributed by atoms with Crippen LogP contribution in [0.3, 0.4) is 0 Å². The van der Waals surface area contributed by atoms with Crippen molar-refractivity contribution >= 4 is 15.9 Å². The molecule has 1 heterocycles. The van der Waals surface area contributed by atoms with E-state index in [9.17, 15) is 0 Å². The van der Waals surface area contributed by atoms with Crippen molar-refractivity contribution in [2.75, 3.05) is 0 Å². The zero-order valence-electron chi connectivity index (χ0n) is 9.81. The van der Waals surface area contributed by atoms with Gasteiger partial charge in [0.15, 0.2) is 0 Å². The number of imidazole rings is 1. The summed E-state index contributed by atoms with van der Waals surface area (Å²) >= 11 is 3.55. The van der Waals surface area contributed by atoms with Crippen molar-refractivity contribution in [3.63, 3.8) is 0 Å². The molecular formula is C13H16BrN3. The molecule has 0 bridgehead atoms. The highest BCUT2D eigenvalue weighted by Gasteiger charge is 2.04. The quantitative estimate of drug-likeness (QED) is 0.942. The largest absolute Gasteiger partial charge is 0.333 e. The lowest BCUT2D eigenvalue weighted by Gasteiger charge is -2.04. The lowest BCUT2D eigenvalue weighted by molar-refractivity contribution is 0.723. The molecule has 0 radical (unpaired) electrons. The molecule has 1 aromatic carbocycles. The van der Waals surface area contributed by atoms with Crippen LogP contribution in [0.1, 0.15) is 18.2 Å². The summed E-state index contributed by atoms with van der Waals surface area (Å²) in [4.78, 5) is 4.35. The highest BCUT2D eigenvalue weighted by molar-refractivity contribution is 9.10. The first-order chi connectivity index (χ1) is 8.15. The second kappa shape index (κ2) is 5.47. The Kier molecular flexibility index (Phi) is 3.97. The Balaban J connectivity index is 2.09. The van der Waals surface area contributed by atoms with Gasteiger partial charge in [0.2, 0.25) is 0 Å². The van der Waals surface area contributed by atoms with Crippen LogP contribution in [0, 0.1) is 0 Å². The van der Waals surface area contributed by atoms with E-state index in [0.717, 1.165) is 23.1 Å². The second-order valence-corrected chi connectivity index (χ2v) is 5.16. The number of aromatic nitrogens is 2. The van der Waals surface area contributed by atoms with Gasteiger partial charge in [-0.2, -0.15) is 0 Å². The van der Waals surface area contributed by atoms with Crippen molar-refractivity contribution in [1.82, 2.24) is 9.55 Å². The first-order valence-electron chi connectivity index (χ1n) is 5.65. The van der Waals surface area contributed by atoms with Crippen molar-refractivity contribution in [3.05, 3.63) is 52.5 Å². The third kappa shape index (κ3) is 3.41. The summed E-state index contributed by atoms with van der Waals surface area (Å²) in [5, 5.41) is 0. The van der Waals surface area contributed by atoms with Crippen LogP contribution in [0.15, 0.2) is 41.3 Å². The molecule has 2 aromatic rings. The molecule has 4 heteroatoms. The van der Waals surface area contributed by atoms with E-state index >= 15 is 0 Å². The number of hydrogen-bond donors (Lipinski definition) is 1. The maximum absolute atomic E-state index is 5.75. The minimum absolute atomic E-state index is 0.154. The van der Waals surface area contributed by atoms with Crippen LogP contribution in [0.25, 0.3) is 0 Å². The van der Waals surface area contributed by atoms with Gasteiger partial charge in [-0.05, 0) is 18.6 Å². The molecule has 3 nitrogen and oxygen atoms in total. The summed E-state index contributed by atoms with van der Waals surface area (Å²) in [5.41, 5.74) is 8.05. The minimum atomic E-state index is 0.154. The highest BCUT2D eigenvalue weighted by Crippen LogP contribution is 2.17. The Morgan fingerprint density at radius 2 is 2.18 bits per heavy atom. The summed E-state index contributed by atoms with van der Waals surface area (Å²) in [6.45, 7) is 2.82. The third-order valence-corrected chi connectivity index (χ3v) is 3.30. The van der Waals surface area contributed by atoms with Gasteiger partial charge in [-0.25, -0.2) is 4.98 Å². The molecule has 0 spiro atoms. The van der Waals surface area contributed by atoms with E-state index in [0.29, 0.717) is 0 Å². The Morgan fingerprint density at radius 1 is 1.41 bits per heavy atom. The summed E-state index contributed by atoms with van der Waals surface area (Å²) in [6, 6.07) is 8.37. The van der Waals surface area contributed by atoms with Gasteiger partial charge in [-0.1, -0.05) is 34.1 Å². The van der Waals surface area contributed by atoms with E-state index in [4.69, 9.17) is 5.73 Å². The fourth-order valence-electron chi connectivity index (χ4n) is 1.75. The summed E-state index contributed by atoms with van der Waals surface area (Å²) in [7, 11) is 0. The van der Waals surface area contributed by atoms with Crippen molar-refractivity contribution < 1.29 is 0 Å². The molecule has 1 aromatic heterocycles. The molecule has 2 N–H and O–H groups in total. The third-order valence-electron chi connectivity index (χ3n) is 2.53. The molecule has 17 heavy (non-hydrogen) atoms. The van der Waals surface area contributed by atoms with Crippen LogP contribution in [-0.2, 0) is 13.0 Å². The maximum Gasteiger partial charge on any atom is 0.0952 e. The van der Waals surface area contributed by atoms with E-state index in [1.165, 1.54) is 5.56 Å². The lowest BCUT2D eigenvalue weighted by atomic mass is 10.2. The molecule has 1 unspecified atom stereocenters. The van der Waals surface area contributed by atoms with E-state index < -0.39 is 0 Å². The fraction of sp³-hybridized carbons (Fsp3) is 0.308. The molecule has 0 aliphatic carbocycles. The Bertz CT molecular complexity index is 491. The number of benzene rings is 1. The van der Waals surface area contributed by atoms with Gasteiger partial charge in [0.05, 0.1) is 12.0 Å². The number of hydrogen-bond acceptors (Lipinski definition) is 2. The van der Waals surface area contributed by atoms with E-state index in [-0.39, 0.29) is 6.04 Å². The Hall–Kier alpha value is -1.13. The molecule has 2 rings (SSSR count). The van der Waals surface area contributed by atoms with E-state index in [1.54, 1.807) is 0 Å². The average molecular weight is 294 g/mol. The molecular weight excluding hydrogens is 278 g/mol. The van der Waals surface area contributed by atoms with Crippen LogP contribution in [-0.4, -0.2) is 15.6 Å². The summed E-state index contributed by atoms with van der Waals surface area (Å²) in [5.74, 6) is 0. The van der Waals surface area contributed by atoms with Gasteiger partial charge in [-0.15, -0.1) is 0 Å². The minimum Gasteiger partial charge on any atom is -0.333 e. The van der Waals surface area contributed by atoms with Crippen molar-refractivity contribution in [3.8, 4) is 0 Å². The van der Waals surface area contributed by atoms with Crippen molar-refractivity contribution in [2.45, 2.75) is 25.9 Å². The number of halogens is 1. The normalized spacial score (nSPS) is 12.6. The molecule has 0 saturated carbocycles. The predicted octanol–water partition coefficient (Wildman–Crippen LogP) is 2.58. The van der Waals surface area contributed by atoms with E-state index in [1.807, 2.05) is 25.4 Å². The lowest BCUT2D eigenvalue weighted by Crippen LogP contribution is -2.17. The van der Waals surface area contributed by atoms with Crippen molar-refractivity contribution in [2.24, 2.45) is 5.73 Å². The molecule has 0 aliphatic rings. The zero-order chi connectivity index (χ0) is 12.3. The first-order valence-corrected chi connectivity index (χ1v) is 6.44. The molecule has 0 fully saturated rings. The molecule has 90 valence electrons. The van der Waals surface area contributed by atoms with Gasteiger partial charge in [0.25, 0.3) is 0 Å². The van der Waals surface area contributed by atoms with Gasteiger partial charge in [0, 0.05) is 29.7 Å². The molecule has 0 aliphatic heterocycles. The second-order valence-electron chi connectivity index (χ2n) is 4.31. The maximum atomic E-state index is 5.75. The molecule has 0 amide bonds. The van der Waals surface area contributed by atoms with Crippen LogP contribution in [0.5, 0.6) is 0 Å². The van der Waals surface area contributed by atoms with Crippen LogP contribution < -0.4 is 5.73 Å². The smallest absolute Gasteiger partial charge is 0.0952 e. The Labute approximate surface area is 110 Å². The number of nitrogens with zero attached hydrogens (tertiary/aromatic N) is 2. The van der Waals surface area contributed by atoms with Gasteiger partial charge in [-0.3, -0.25) is 0 Å². The van der Waals surface area contributed by atoms with Crippen molar-refractivity contribution in [1.29, 1.82) is 0 Å². The summed E-state index contributed by atoms with van der Waals surface area (Å²) in [6.07, 6.45) is 4.74. The fourth-order valence-corrected chi connectivity index (χ4v) is 2.16. The Morgan fingerprint density at radius 3 is 2.88 bits per heavy atom. The SMILES string of the molecule is CC(N)Cc1cn(Cc2ccccc2Br)cn1. The van der Waals surface area contributed by atoms with Gasteiger partial charge in [0.1, 0.15) is 0 Å².